The summed E-state index contributed by atoms with van der Waals surface area (Å²) in [7, 11) is 0. The van der Waals surface area contributed by atoms with Crippen molar-refractivity contribution in [2.45, 2.75) is 38.0 Å². The van der Waals surface area contributed by atoms with E-state index in [1.807, 2.05) is 12.1 Å². The minimum absolute atomic E-state index is 0.0959. The standard InChI is InChI=1S/C23H28N2O2/c26-23-10-8-20-7-9-21(17-22(20)24-23)27-16-4-13-25-14-11-19(12-15-25)18-5-2-1-3-6-18/h1-3,5-7,9,17,19H,4,8,10-16H2,(H,24,26). The first-order chi connectivity index (χ1) is 13.3. The lowest BCUT2D eigenvalue weighted by Crippen LogP contribution is -2.34. The minimum Gasteiger partial charge on any atom is -0.493 e. The summed E-state index contributed by atoms with van der Waals surface area (Å²) < 4.78 is 5.91. The molecule has 4 heteroatoms. The van der Waals surface area contributed by atoms with Crippen molar-refractivity contribution < 1.29 is 9.53 Å². The molecule has 4 rings (SSSR count). The van der Waals surface area contributed by atoms with Crippen molar-refractivity contribution in [3.05, 3.63) is 59.7 Å². The molecule has 2 heterocycles. The van der Waals surface area contributed by atoms with Gasteiger partial charge in [-0.2, -0.15) is 0 Å². The Labute approximate surface area is 161 Å². The van der Waals surface area contributed by atoms with E-state index in [-0.39, 0.29) is 5.91 Å². The number of carbonyl (C=O) groups is 1. The van der Waals surface area contributed by atoms with E-state index in [0.29, 0.717) is 18.9 Å². The van der Waals surface area contributed by atoms with Crippen molar-refractivity contribution in [1.29, 1.82) is 0 Å². The van der Waals surface area contributed by atoms with Crippen LogP contribution in [-0.2, 0) is 11.2 Å². The molecule has 0 aromatic heterocycles. The Kier molecular flexibility index (Phi) is 5.73. The van der Waals surface area contributed by atoms with Crippen LogP contribution in [0, 0.1) is 0 Å². The summed E-state index contributed by atoms with van der Waals surface area (Å²) >= 11 is 0. The average Bonchev–Trinajstić information content (AvgIpc) is 2.72. The van der Waals surface area contributed by atoms with E-state index in [1.165, 1.54) is 37.1 Å². The molecule has 0 aliphatic carbocycles. The number of likely N-dealkylation sites (tertiary alicyclic amines) is 1. The van der Waals surface area contributed by atoms with E-state index in [9.17, 15) is 4.79 Å². The number of ether oxygens (including phenoxy) is 1. The molecule has 2 aliphatic heterocycles. The van der Waals surface area contributed by atoms with E-state index in [4.69, 9.17) is 4.74 Å². The molecule has 2 aliphatic rings. The summed E-state index contributed by atoms with van der Waals surface area (Å²) in [6.45, 7) is 4.14. The molecule has 0 bridgehead atoms. The molecular formula is C23H28N2O2. The maximum Gasteiger partial charge on any atom is 0.224 e. The molecule has 0 spiro atoms. The van der Waals surface area contributed by atoms with Gasteiger partial charge in [0.1, 0.15) is 5.75 Å². The van der Waals surface area contributed by atoms with E-state index < -0.39 is 0 Å². The molecule has 1 fully saturated rings. The number of amides is 1. The predicted molar refractivity (Wildman–Crippen MR) is 108 cm³/mol. The van der Waals surface area contributed by atoms with Crippen LogP contribution in [0.4, 0.5) is 5.69 Å². The monoisotopic (exact) mass is 364 g/mol. The number of hydrogen-bond acceptors (Lipinski definition) is 3. The molecule has 1 N–H and O–H groups in total. The molecule has 2 aromatic rings. The van der Waals surface area contributed by atoms with Crippen molar-refractivity contribution in [3.63, 3.8) is 0 Å². The van der Waals surface area contributed by atoms with Gasteiger partial charge in [0.25, 0.3) is 0 Å². The van der Waals surface area contributed by atoms with E-state index in [2.05, 4.69) is 46.6 Å². The molecule has 1 amide bonds. The Balaban J connectivity index is 1.18. The number of anilines is 1. The summed E-state index contributed by atoms with van der Waals surface area (Å²) in [4.78, 5) is 14.1. The Morgan fingerprint density at radius 1 is 1.04 bits per heavy atom. The third-order valence-electron chi connectivity index (χ3n) is 5.72. The zero-order valence-electron chi connectivity index (χ0n) is 15.8. The van der Waals surface area contributed by atoms with Crippen LogP contribution in [0.25, 0.3) is 0 Å². The van der Waals surface area contributed by atoms with Crippen LogP contribution in [0.1, 0.15) is 42.7 Å². The molecule has 0 atom stereocenters. The Morgan fingerprint density at radius 2 is 1.85 bits per heavy atom. The van der Waals surface area contributed by atoms with Crippen molar-refractivity contribution in [1.82, 2.24) is 4.90 Å². The highest BCUT2D eigenvalue weighted by Gasteiger charge is 2.20. The van der Waals surface area contributed by atoms with Gasteiger partial charge >= 0.3 is 0 Å². The van der Waals surface area contributed by atoms with Gasteiger partial charge in [-0.25, -0.2) is 0 Å². The largest absolute Gasteiger partial charge is 0.493 e. The van der Waals surface area contributed by atoms with Gasteiger partial charge in [0.15, 0.2) is 0 Å². The zero-order chi connectivity index (χ0) is 18.5. The zero-order valence-corrected chi connectivity index (χ0v) is 15.8. The van der Waals surface area contributed by atoms with Crippen LogP contribution >= 0.6 is 0 Å². The molecule has 0 saturated carbocycles. The molecule has 2 aromatic carbocycles. The number of benzene rings is 2. The number of aryl methyl sites for hydroxylation is 1. The van der Waals surface area contributed by atoms with Gasteiger partial charge in [0, 0.05) is 24.7 Å². The van der Waals surface area contributed by atoms with Crippen LogP contribution in [0.2, 0.25) is 0 Å². The maximum absolute atomic E-state index is 11.5. The number of nitrogens with one attached hydrogen (secondary N) is 1. The molecule has 0 radical (unpaired) electrons. The number of rotatable bonds is 6. The van der Waals surface area contributed by atoms with Crippen LogP contribution < -0.4 is 10.1 Å². The van der Waals surface area contributed by atoms with Crippen molar-refractivity contribution in [2.24, 2.45) is 0 Å². The Hall–Kier alpha value is -2.33. The average molecular weight is 364 g/mol. The number of piperidine rings is 1. The summed E-state index contributed by atoms with van der Waals surface area (Å²) in [5.74, 6) is 1.65. The minimum atomic E-state index is 0.0959. The van der Waals surface area contributed by atoms with E-state index in [0.717, 1.165) is 30.8 Å². The lowest BCUT2D eigenvalue weighted by Gasteiger charge is -2.32. The molecule has 4 nitrogen and oxygen atoms in total. The second kappa shape index (κ2) is 8.57. The lowest BCUT2D eigenvalue weighted by atomic mass is 9.89. The topological polar surface area (TPSA) is 41.6 Å². The fourth-order valence-electron chi connectivity index (χ4n) is 4.13. The van der Waals surface area contributed by atoms with Gasteiger partial charge in [0.05, 0.1) is 6.61 Å². The van der Waals surface area contributed by atoms with E-state index in [1.54, 1.807) is 0 Å². The fourth-order valence-corrected chi connectivity index (χ4v) is 4.13. The van der Waals surface area contributed by atoms with Crippen LogP contribution in [0.3, 0.4) is 0 Å². The Bertz CT molecular complexity index is 767. The van der Waals surface area contributed by atoms with Crippen LogP contribution in [0.5, 0.6) is 5.75 Å². The quantitative estimate of drug-likeness (QED) is 0.781. The summed E-state index contributed by atoms with van der Waals surface area (Å²) in [5, 5.41) is 2.93. The van der Waals surface area contributed by atoms with Gasteiger partial charge in [-0.15, -0.1) is 0 Å². The van der Waals surface area contributed by atoms with Gasteiger partial charge in [-0.1, -0.05) is 36.4 Å². The highest BCUT2D eigenvalue weighted by molar-refractivity contribution is 5.94. The molecular weight excluding hydrogens is 336 g/mol. The van der Waals surface area contributed by atoms with Gasteiger partial charge < -0.3 is 15.0 Å². The summed E-state index contributed by atoms with van der Waals surface area (Å²) in [6.07, 6.45) is 4.92. The second-order valence-electron chi connectivity index (χ2n) is 7.60. The molecule has 142 valence electrons. The van der Waals surface area contributed by atoms with Gasteiger partial charge in [-0.3, -0.25) is 4.79 Å². The third kappa shape index (κ3) is 4.69. The van der Waals surface area contributed by atoms with E-state index >= 15 is 0 Å². The highest BCUT2D eigenvalue weighted by atomic mass is 16.5. The SMILES string of the molecule is O=C1CCc2ccc(OCCCN3CCC(c4ccccc4)CC3)cc2N1. The summed E-state index contributed by atoms with van der Waals surface area (Å²) in [6, 6.07) is 16.9. The summed E-state index contributed by atoms with van der Waals surface area (Å²) in [5.41, 5.74) is 3.59. The number of carbonyl (C=O) groups excluding carboxylic acids is 1. The lowest BCUT2D eigenvalue weighted by molar-refractivity contribution is -0.116. The van der Waals surface area contributed by atoms with Crippen molar-refractivity contribution in [2.75, 3.05) is 31.6 Å². The molecule has 1 saturated heterocycles. The predicted octanol–water partition coefficient (Wildman–Crippen LogP) is 4.22. The first kappa shape index (κ1) is 18.1. The highest BCUT2D eigenvalue weighted by Crippen LogP contribution is 2.28. The molecule has 27 heavy (non-hydrogen) atoms. The maximum atomic E-state index is 11.5. The van der Waals surface area contributed by atoms with Gasteiger partial charge in [0.2, 0.25) is 5.91 Å². The Morgan fingerprint density at radius 3 is 2.67 bits per heavy atom. The van der Waals surface area contributed by atoms with Crippen molar-refractivity contribution >= 4 is 11.6 Å². The third-order valence-corrected chi connectivity index (χ3v) is 5.72. The van der Waals surface area contributed by atoms with Crippen LogP contribution in [0.15, 0.2) is 48.5 Å². The smallest absolute Gasteiger partial charge is 0.224 e. The van der Waals surface area contributed by atoms with Gasteiger partial charge in [-0.05, 0) is 61.9 Å². The number of fused-ring (bicyclic) bond motifs is 1. The van der Waals surface area contributed by atoms with Crippen LogP contribution in [-0.4, -0.2) is 37.0 Å². The first-order valence-electron chi connectivity index (χ1n) is 10.1. The second-order valence-corrected chi connectivity index (χ2v) is 7.60. The normalized spacial score (nSPS) is 18.0. The number of hydrogen-bond donors (Lipinski definition) is 1. The fraction of sp³-hybridized carbons (Fsp3) is 0.435. The first-order valence-corrected chi connectivity index (χ1v) is 10.1. The van der Waals surface area contributed by atoms with Crippen molar-refractivity contribution in [3.8, 4) is 5.75 Å². The molecule has 0 unspecified atom stereocenters. The number of nitrogens with zero attached hydrogens (tertiary/aromatic N) is 1.